The van der Waals surface area contributed by atoms with Crippen molar-refractivity contribution in [2.24, 2.45) is 0 Å². The third-order valence-corrected chi connectivity index (χ3v) is 3.20. The van der Waals surface area contributed by atoms with Gasteiger partial charge in [-0.05, 0) is 23.4 Å². The predicted octanol–water partition coefficient (Wildman–Crippen LogP) is 1.63. The van der Waals surface area contributed by atoms with E-state index >= 15 is 0 Å². The van der Waals surface area contributed by atoms with Crippen LogP contribution >= 0.6 is 11.3 Å². The first-order valence-corrected chi connectivity index (χ1v) is 4.92. The van der Waals surface area contributed by atoms with Crippen LogP contribution in [0.4, 0.5) is 0 Å². The van der Waals surface area contributed by atoms with Crippen LogP contribution in [0.3, 0.4) is 0 Å². The van der Waals surface area contributed by atoms with E-state index in [2.05, 4.69) is 22.4 Å². The molecule has 0 bridgehead atoms. The first kappa shape index (κ1) is 7.78. The van der Waals surface area contributed by atoms with E-state index in [1.54, 1.807) is 0 Å². The molecule has 0 amide bonds. The van der Waals surface area contributed by atoms with Gasteiger partial charge in [-0.25, -0.2) is 0 Å². The highest BCUT2D eigenvalue weighted by Gasteiger charge is 2.15. The van der Waals surface area contributed by atoms with Gasteiger partial charge in [0.2, 0.25) is 0 Å². The van der Waals surface area contributed by atoms with Crippen LogP contribution in [0.1, 0.15) is 10.4 Å². The molecular formula is C9H10N2S. The van der Waals surface area contributed by atoms with Crippen LogP contribution < -0.4 is 0 Å². The van der Waals surface area contributed by atoms with Crippen LogP contribution in [0, 0.1) is 11.3 Å². The largest absolute Gasteiger partial charge is 0.286 e. The third-order valence-electron chi connectivity index (χ3n) is 2.18. The number of nitrogens with zero attached hydrogens (tertiary/aromatic N) is 2. The molecular weight excluding hydrogens is 168 g/mol. The fourth-order valence-corrected chi connectivity index (χ4v) is 2.43. The monoisotopic (exact) mass is 178 g/mol. The van der Waals surface area contributed by atoms with E-state index < -0.39 is 0 Å². The Kier molecular flexibility index (Phi) is 2.11. The van der Waals surface area contributed by atoms with Crippen molar-refractivity contribution in [2.75, 3.05) is 13.1 Å². The average Bonchev–Trinajstić information content (AvgIpc) is 2.51. The summed E-state index contributed by atoms with van der Waals surface area (Å²) in [5.74, 6) is 0. The molecule has 12 heavy (non-hydrogen) atoms. The molecule has 1 aromatic rings. The van der Waals surface area contributed by atoms with E-state index in [0.29, 0.717) is 6.54 Å². The summed E-state index contributed by atoms with van der Waals surface area (Å²) < 4.78 is 0. The van der Waals surface area contributed by atoms with Gasteiger partial charge >= 0.3 is 0 Å². The van der Waals surface area contributed by atoms with Gasteiger partial charge in [-0.15, -0.1) is 11.3 Å². The molecule has 0 N–H and O–H groups in total. The molecule has 0 fully saturated rings. The molecule has 0 spiro atoms. The predicted molar refractivity (Wildman–Crippen MR) is 48.9 cm³/mol. The summed E-state index contributed by atoms with van der Waals surface area (Å²) in [5.41, 5.74) is 1.42. The lowest BCUT2D eigenvalue weighted by atomic mass is 10.1. The molecule has 3 heteroatoms. The molecule has 1 aromatic heterocycles. The molecule has 2 heterocycles. The standard InChI is InChI=1S/C9H10N2S/c10-3-5-11-4-1-9-8(7-11)2-6-12-9/h2,6H,1,4-5,7H2. The maximum atomic E-state index is 8.53. The van der Waals surface area contributed by atoms with Crippen LogP contribution in [0.15, 0.2) is 11.4 Å². The van der Waals surface area contributed by atoms with E-state index in [0.717, 1.165) is 19.5 Å². The Bertz CT molecular complexity index is 311. The van der Waals surface area contributed by atoms with Gasteiger partial charge in [-0.1, -0.05) is 0 Å². The number of thiophene rings is 1. The third kappa shape index (κ3) is 1.36. The van der Waals surface area contributed by atoms with Crippen molar-refractivity contribution in [3.63, 3.8) is 0 Å². The molecule has 0 saturated heterocycles. The molecule has 0 aliphatic carbocycles. The molecule has 0 unspecified atom stereocenters. The highest BCUT2D eigenvalue weighted by molar-refractivity contribution is 7.10. The Balaban J connectivity index is 2.11. The lowest BCUT2D eigenvalue weighted by Crippen LogP contribution is -2.29. The minimum atomic E-state index is 0.565. The Hall–Kier alpha value is -0.850. The Morgan fingerprint density at radius 3 is 3.42 bits per heavy atom. The molecule has 2 nitrogen and oxygen atoms in total. The van der Waals surface area contributed by atoms with Gasteiger partial charge in [0.15, 0.2) is 0 Å². The molecule has 0 atom stereocenters. The summed E-state index contributed by atoms with van der Waals surface area (Å²) in [5, 5.41) is 10.7. The molecule has 1 aliphatic rings. The lowest BCUT2D eigenvalue weighted by Gasteiger charge is -2.23. The van der Waals surface area contributed by atoms with Gasteiger partial charge in [0.05, 0.1) is 12.6 Å². The number of nitriles is 1. The molecule has 2 rings (SSSR count). The SMILES string of the molecule is N#CCN1CCc2sccc2C1. The minimum Gasteiger partial charge on any atom is -0.286 e. The quantitative estimate of drug-likeness (QED) is 0.611. The maximum absolute atomic E-state index is 8.53. The van der Waals surface area contributed by atoms with Crippen molar-refractivity contribution in [1.29, 1.82) is 5.26 Å². The van der Waals surface area contributed by atoms with Gasteiger partial charge in [-0.3, -0.25) is 4.90 Å². The summed E-state index contributed by atoms with van der Waals surface area (Å²) >= 11 is 1.84. The zero-order chi connectivity index (χ0) is 8.39. The number of fused-ring (bicyclic) bond motifs is 1. The number of rotatable bonds is 1. The zero-order valence-corrected chi connectivity index (χ0v) is 7.60. The highest BCUT2D eigenvalue weighted by atomic mass is 32.1. The first-order chi connectivity index (χ1) is 5.90. The summed E-state index contributed by atoms with van der Waals surface area (Å²) in [6.45, 7) is 2.57. The van der Waals surface area contributed by atoms with Crippen molar-refractivity contribution in [3.05, 3.63) is 21.9 Å². The summed E-state index contributed by atoms with van der Waals surface area (Å²) in [6, 6.07) is 4.36. The number of hydrogen-bond acceptors (Lipinski definition) is 3. The topological polar surface area (TPSA) is 27.0 Å². The van der Waals surface area contributed by atoms with Gasteiger partial charge in [0, 0.05) is 18.0 Å². The van der Waals surface area contributed by atoms with E-state index in [4.69, 9.17) is 5.26 Å². The minimum absolute atomic E-state index is 0.565. The normalized spacial score (nSPS) is 16.9. The van der Waals surface area contributed by atoms with Crippen LogP contribution in [-0.2, 0) is 13.0 Å². The molecule has 0 saturated carbocycles. The second-order valence-electron chi connectivity index (χ2n) is 2.99. The molecule has 1 aliphatic heterocycles. The van der Waals surface area contributed by atoms with Crippen LogP contribution in [0.5, 0.6) is 0 Å². The fourth-order valence-electron chi connectivity index (χ4n) is 1.54. The Labute approximate surface area is 76.0 Å². The molecule has 0 radical (unpaired) electrons. The van der Waals surface area contributed by atoms with E-state index in [1.165, 1.54) is 10.4 Å². The summed E-state index contributed by atoms with van der Waals surface area (Å²) in [4.78, 5) is 3.69. The van der Waals surface area contributed by atoms with E-state index in [9.17, 15) is 0 Å². The summed E-state index contributed by atoms with van der Waals surface area (Å²) in [6.07, 6.45) is 1.12. The second-order valence-corrected chi connectivity index (χ2v) is 3.99. The highest BCUT2D eigenvalue weighted by Crippen LogP contribution is 2.23. The summed E-state index contributed by atoms with van der Waals surface area (Å²) in [7, 11) is 0. The van der Waals surface area contributed by atoms with Crippen molar-refractivity contribution in [2.45, 2.75) is 13.0 Å². The fraction of sp³-hybridized carbons (Fsp3) is 0.444. The van der Waals surface area contributed by atoms with Gasteiger partial charge < -0.3 is 0 Å². The van der Waals surface area contributed by atoms with Gasteiger partial charge in [0.1, 0.15) is 0 Å². The van der Waals surface area contributed by atoms with Crippen LogP contribution in [0.25, 0.3) is 0 Å². The van der Waals surface area contributed by atoms with E-state index in [-0.39, 0.29) is 0 Å². The van der Waals surface area contributed by atoms with Crippen molar-refractivity contribution in [3.8, 4) is 6.07 Å². The Morgan fingerprint density at radius 1 is 1.67 bits per heavy atom. The lowest BCUT2D eigenvalue weighted by molar-refractivity contribution is 0.287. The van der Waals surface area contributed by atoms with Gasteiger partial charge in [0.25, 0.3) is 0 Å². The second kappa shape index (κ2) is 3.26. The van der Waals surface area contributed by atoms with Gasteiger partial charge in [-0.2, -0.15) is 5.26 Å². The van der Waals surface area contributed by atoms with Crippen molar-refractivity contribution >= 4 is 11.3 Å². The Morgan fingerprint density at radius 2 is 2.58 bits per heavy atom. The zero-order valence-electron chi connectivity index (χ0n) is 6.79. The average molecular weight is 178 g/mol. The first-order valence-electron chi connectivity index (χ1n) is 4.04. The van der Waals surface area contributed by atoms with E-state index in [1.807, 2.05) is 11.3 Å². The smallest absolute Gasteiger partial charge is 0.0868 e. The van der Waals surface area contributed by atoms with Crippen LogP contribution in [0.2, 0.25) is 0 Å². The van der Waals surface area contributed by atoms with Crippen molar-refractivity contribution in [1.82, 2.24) is 4.90 Å². The van der Waals surface area contributed by atoms with Crippen molar-refractivity contribution < 1.29 is 0 Å². The maximum Gasteiger partial charge on any atom is 0.0868 e. The number of hydrogen-bond donors (Lipinski definition) is 0. The molecule has 62 valence electrons. The van der Waals surface area contributed by atoms with Crippen LogP contribution in [-0.4, -0.2) is 18.0 Å². The molecule has 0 aromatic carbocycles.